The number of fused-ring (bicyclic) bond motifs is 3. The highest BCUT2D eigenvalue weighted by Crippen LogP contribution is 2.50. The molecule has 2 aromatic carbocycles. The van der Waals surface area contributed by atoms with Crippen LogP contribution >= 0.6 is 0 Å². The van der Waals surface area contributed by atoms with Crippen LogP contribution < -0.4 is 35.6 Å². The third-order valence-corrected chi connectivity index (χ3v) is 7.91. The van der Waals surface area contributed by atoms with Crippen LogP contribution in [-0.2, 0) is 22.6 Å². The van der Waals surface area contributed by atoms with Crippen molar-refractivity contribution in [2.75, 3.05) is 26.6 Å². The fourth-order valence-corrected chi connectivity index (χ4v) is 5.50. The van der Waals surface area contributed by atoms with E-state index in [-0.39, 0.29) is 28.8 Å². The largest absolute Gasteiger partial charge is 0.493 e. The molecule has 3 N–H and O–H groups in total. The van der Waals surface area contributed by atoms with Crippen molar-refractivity contribution < 1.29 is 23.8 Å². The number of nitrogens with one attached hydrogen (secondary N) is 3. The van der Waals surface area contributed by atoms with Crippen molar-refractivity contribution in [3.8, 4) is 28.4 Å². The number of nitrogens with zero attached hydrogens (tertiary/aromatic N) is 1. The molecule has 0 saturated carbocycles. The SMILES string of the molecule is CCC(C)C(Nc1ccc2c(cc1=O)C(NC(C)=O)CCc1cc(OC)c(OC)c(OC)c1-2)C(=O)NCc1cccnc1. The zero-order valence-electron chi connectivity index (χ0n) is 25.6. The summed E-state index contributed by atoms with van der Waals surface area (Å²) in [7, 11) is 4.67. The van der Waals surface area contributed by atoms with Crippen LogP contribution in [0.15, 0.2) is 53.6 Å². The van der Waals surface area contributed by atoms with Crippen molar-refractivity contribution >= 4 is 17.5 Å². The van der Waals surface area contributed by atoms with Gasteiger partial charge in [-0.3, -0.25) is 19.4 Å². The highest BCUT2D eigenvalue weighted by atomic mass is 16.5. The maximum atomic E-state index is 13.8. The first kappa shape index (κ1) is 31.3. The lowest BCUT2D eigenvalue weighted by atomic mass is 9.95. The normalized spacial score (nSPS) is 15.1. The van der Waals surface area contributed by atoms with Gasteiger partial charge < -0.3 is 30.2 Å². The van der Waals surface area contributed by atoms with Gasteiger partial charge in [-0.05, 0) is 65.3 Å². The first-order valence-electron chi connectivity index (χ1n) is 14.4. The Bertz CT molecular complexity index is 1530. The van der Waals surface area contributed by atoms with Gasteiger partial charge in [-0.15, -0.1) is 0 Å². The van der Waals surface area contributed by atoms with Crippen molar-refractivity contribution in [1.82, 2.24) is 15.6 Å². The van der Waals surface area contributed by atoms with Gasteiger partial charge in [-0.25, -0.2) is 0 Å². The first-order valence-corrected chi connectivity index (χ1v) is 14.4. The Morgan fingerprint density at radius 1 is 1.07 bits per heavy atom. The minimum Gasteiger partial charge on any atom is -0.493 e. The van der Waals surface area contributed by atoms with Crippen LogP contribution in [0.25, 0.3) is 11.1 Å². The molecular formula is C33H40N4O6. The van der Waals surface area contributed by atoms with E-state index in [1.54, 1.807) is 45.9 Å². The van der Waals surface area contributed by atoms with E-state index in [9.17, 15) is 14.4 Å². The molecule has 4 rings (SSSR count). The van der Waals surface area contributed by atoms with E-state index >= 15 is 0 Å². The molecule has 43 heavy (non-hydrogen) atoms. The lowest BCUT2D eigenvalue weighted by molar-refractivity contribution is -0.123. The van der Waals surface area contributed by atoms with Crippen molar-refractivity contribution in [3.63, 3.8) is 0 Å². The highest BCUT2D eigenvalue weighted by Gasteiger charge is 2.30. The summed E-state index contributed by atoms with van der Waals surface area (Å²) in [6.45, 7) is 5.75. The molecule has 3 unspecified atom stereocenters. The number of hydrogen-bond acceptors (Lipinski definition) is 8. The standard InChI is InChI=1S/C33H40N4O6/c1-7-19(2)30(33(40)35-18-21-9-8-14-34-17-21)37-26-13-11-23-24(16-27(26)39)25(36-20(3)38)12-10-22-15-28(41-4)31(42-5)32(43-6)29(22)23/h8-9,11,13-17,19,25,30H,7,10,12,18H2,1-6H3,(H,35,40)(H,36,38)(H,37,39). The molecular weight excluding hydrogens is 548 g/mol. The van der Waals surface area contributed by atoms with Crippen molar-refractivity contribution in [1.29, 1.82) is 0 Å². The van der Waals surface area contributed by atoms with E-state index in [2.05, 4.69) is 20.9 Å². The molecule has 2 amide bonds. The zero-order chi connectivity index (χ0) is 31.1. The Morgan fingerprint density at radius 2 is 1.84 bits per heavy atom. The third-order valence-electron chi connectivity index (χ3n) is 7.91. The molecule has 228 valence electrons. The quantitative estimate of drug-likeness (QED) is 0.301. The predicted octanol–water partition coefficient (Wildman–Crippen LogP) is 4.40. The molecule has 0 radical (unpaired) electrons. The van der Waals surface area contributed by atoms with Crippen molar-refractivity contribution in [2.24, 2.45) is 5.92 Å². The number of carbonyl (C=O) groups excluding carboxylic acids is 2. The lowest BCUT2D eigenvalue weighted by Crippen LogP contribution is -2.44. The number of benzene rings is 1. The van der Waals surface area contributed by atoms with E-state index in [4.69, 9.17) is 14.2 Å². The van der Waals surface area contributed by atoms with E-state index in [0.29, 0.717) is 42.2 Å². The molecule has 0 bridgehead atoms. The fourth-order valence-electron chi connectivity index (χ4n) is 5.50. The van der Waals surface area contributed by atoms with Gasteiger partial charge in [0.15, 0.2) is 11.5 Å². The number of rotatable bonds is 11. The van der Waals surface area contributed by atoms with E-state index in [1.165, 1.54) is 6.92 Å². The lowest BCUT2D eigenvalue weighted by Gasteiger charge is -2.24. The summed E-state index contributed by atoms with van der Waals surface area (Å²) >= 11 is 0. The summed E-state index contributed by atoms with van der Waals surface area (Å²) in [6, 6.07) is 9.61. The number of hydrogen-bond donors (Lipinski definition) is 3. The third kappa shape index (κ3) is 6.90. The van der Waals surface area contributed by atoms with Crippen LogP contribution in [0.1, 0.15) is 56.3 Å². The summed E-state index contributed by atoms with van der Waals surface area (Å²) < 4.78 is 17.1. The Labute approximate surface area is 252 Å². The monoisotopic (exact) mass is 588 g/mol. The maximum Gasteiger partial charge on any atom is 0.243 e. The molecule has 1 aliphatic carbocycles. The summed E-state index contributed by atoms with van der Waals surface area (Å²) in [4.78, 5) is 43.5. The topological polar surface area (TPSA) is 128 Å². The molecule has 3 atom stereocenters. The number of aromatic nitrogens is 1. The van der Waals surface area contributed by atoms with E-state index in [0.717, 1.165) is 28.7 Å². The van der Waals surface area contributed by atoms with Gasteiger partial charge in [-0.1, -0.05) is 32.4 Å². The van der Waals surface area contributed by atoms with Crippen LogP contribution in [0.2, 0.25) is 0 Å². The summed E-state index contributed by atoms with van der Waals surface area (Å²) in [5.41, 5.74) is 3.92. The molecule has 0 saturated heterocycles. The molecule has 10 nitrogen and oxygen atoms in total. The summed E-state index contributed by atoms with van der Waals surface area (Å²) in [5.74, 6) is 0.942. The van der Waals surface area contributed by atoms with Gasteiger partial charge >= 0.3 is 0 Å². The number of methoxy groups -OCH3 is 3. The van der Waals surface area contributed by atoms with Gasteiger partial charge in [0.25, 0.3) is 0 Å². The molecule has 10 heteroatoms. The van der Waals surface area contributed by atoms with E-state index < -0.39 is 12.1 Å². The highest BCUT2D eigenvalue weighted by molar-refractivity contribution is 5.86. The van der Waals surface area contributed by atoms with Crippen LogP contribution in [0, 0.1) is 5.92 Å². The van der Waals surface area contributed by atoms with Crippen LogP contribution in [0.4, 0.5) is 5.69 Å². The molecule has 1 aliphatic rings. The van der Waals surface area contributed by atoms with Crippen LogP contribution in [-0.4, -0.2) is 44.2 Å². The number of aryl methyl sites for hydroxylation is 1. The zero-order valence-corrected chi connectivity index (χ0v) is 25.6. The van der Waals surface area contributed by atoms with Gasteiger partial charge in [0.2, 0.25) is 23.0 Å². The minimum absolute atomic E-state index is 0.0682. The minimum atomic E-state index is -0.658. The number of ether oxygens (including phenoxy) is 3. The fraction of sp³-hybridized carbons (Fsp3) is 0.394. The second-order valence-electron chi connectivity index (χ2n) is 10.7. The van der Waals surface area contributed by atoms with Gasteiger partial charge in [-0.2, -0.15) is 0 Å². The van der Waals surface area contributed by atoms with Gasteiger partial charge in [0.05, 0.1) is 33.1 Å². The number of anilines is 1. The Balaban J connectivity index is 1.82. The molecule has 0 aliphatic heterocycles. The van der Waals surface area contributed by atoms with Crippen LogP contribution in [0.5, 0.6) is 17.2 Å². The van der Waals surface area contributed by atoms with Crippen molar-refractivity contribution in [3.05, 3.63) is 75.7 Å². The molecule has 3 aromatic rings. The smallest absolute Gasteiger partial charge is 0.243 e. The molecule has 1 aromatic heterocycles. The summed E-state index contributed by atoms with van der Waals surface area (Å²) in [5, 5.41) is 9.23. The molecule has 0 fully saturated rings. The van der Waals surface area contributed by atoms with Gasteiger partial charge in [0.1, 0.15) is 6.04 Å². The van der Waals surface area contributed by atoms with Crippen molar-refractivity contribution in [2.45, 2.75) is 58.7 Å². The van der Waals surface area contributed by atoms with Gasteiger partial charge in [0, 0.05) is 31.4 Å². The van der Waals surface area contributed by atoms with E-state index in [1.807, 2.05) is 38.1 Å². The first-order chi connectivity index (χ1) is 20.7. The maximum absolute atomic E-state index is 13.8. The number of carbonyl (C=O) groups is 2. The van der Waals surface area contributed by atoms with Crippen LogP contribution in [0.3, 0.4) is 0 Å². The number of pyridine rings is 1. The predicted molar refractivity (Wildman–Crippen MR) is 166 cm³/mol. The Kier molecular flexibility index (Phi) is 10.2. The number of amides is 2. The average Bonchev–Trinajstić information content (AvgIpc) is 3.25. The molecule has 1 heterocycles. The Morgan fingerprint density at radius 3 is 2.47 bits per heavy atom. The average molecular weight is 589 g/mol. The molecule has 0 spiro atoms. The second kappa shape index (κ2) is 14.0. The Hall–Kier alpha value is -4.60. The second-order valence-corrected chi connectivity index (χ2v) is 10.7. The summed E-state index contributed by atoms with van der Waals surface area (Å²) in [6.07, 6.45) is 5.25.